The van der Waals surface area contributed by atoms with E-state index in [-0.39, 0.29) is 0 Å². The van der Waals surface area contributed by atoms with Gasteiger partial charge in [-0.3, -0.25) is 0 Å². The van der Waals surface area contributed by atoms with E-state index in [0.29, 0.717) is 0 Å². The van der Waals surface area contributed by atoms with E-state index in [0.717, 1.165) is 16.9 Å². The molecular weight excluding hydrogens is 252 g/mol. The van der Waals surface area contributed by atoms with Crippen LogP contribution < -0.4 is 4.90 Å². The zero-order valence-electron chi connectivity index (χ0n) is 10.7. The Bertz CT molecular complexity index is 648. The van der Waals surface area contributed by atoms with Crippen LogP contribution in [-0.2, 0) is 0 Å². The Morgan fingerprint density at radius 3 is 2.47 bits per heavy atom. The first-order valence-corrected chi connectivity index (χ1v) is 7.06. The van der Waals surface area contributed by atoms with Crippen LogP contribution >= 0.6 is 11.3 Å². The van der Waals surface area contributed by atoms with E-state index in [9.17, 15) is 0 Å². The van der Waals surface area contributed by atoms with E-state index in [1.54, 1.807) is 11.3 Å². The third-order valence-electron chi connectivity index (χ3n) is 3.11. The van der Waals surface area contributed by atoms with Gasteiger partial charge >= 0.3 is 0 Å². The molecule has 0 atom stereocenters. The fourth-order valence-electron chi connectivity index (χ4n) is 2.03. The maximum absolute atomic E-state index is 4.36. The average Bonchev–Trinajstić information content (AvgIpc) is 3.02. The van der Waals surface area contributed by atoms with E-state index in [1.807, 2.05) is 11.6 Å². The van der Waals surface area contributed by atoms with Crippen LogP contribution in [0.1, 0.15) is 0 Å². The zero-order valence-corrected chi connectivity index (χ0v) is 11.5. The van der Waals surface area contributed by atoms with Crippen LogP contribution in [0.4, 0.5) is 11.4 Å². The van der Waals surface area contributed by atoms with Crippen LogP contribution in [0.5, 0.6) is 0 Å². The van der Waals surface area contributed by atoms with E-state index < -0.39 is 0 Å². The number of anilines is 2. The third-order valence-corrected chi connectivity index (χ3v) is 3.69. The molecule has 1 aromatic heterocycles. The van der Waals surface area contributed by atoms with Gasteiger partial charge in [0.25, 0.3) is 0 Å². The fourth-order valence-corrected chi connectivity index (χ4v) is 2.59. The molecule has 0 radical (unpaired) electrons. The van der Waals surface area contributed by atoms with E-state index in [2.05, 4.69) is 70.8 Å². The predicted octanol–water partition coefficient (Wildman–Crippen LogP) is 4.58. The molecule has 1 heterocycles. The van der Waals surface area contributed by atoms with Crippen LogP contribution in [0.2, 0.25) is 0 Å². The first-order chi connectivity index (χ1) is 9.34. The van der Waals surface area contributed by atoms with Crippen molar-refractivity contribution in [2.24, 2.45) is 0 Å². The molecule has 0 fully saturated rings. The summed E-state index contributed by atoms with van der Waals surface area (Å²) in [6.07, 6.45) is 0. The molecule has 94 valence electrons. The number of aromatic nitrogens is 1. The third kappa shape index (κ3) is 2.51. The summed E-state index contributed by atoms with van der Waals surface area (Å²) < 4.78 is 0. The van der Waals surface area contributed by atoms with E-state index >= 15 is 0 Å². The first kappa shape index (κ1) is 11.9. The smallest absolute Gasteiger partial charge is 0.0811 e. The molecule has 0 N–H and O–H groups in total. The van der Waals surface area contributed by atoms with Gasteiger partial charge in [0.15, 0.2) is 0 Å². The molecule has 3 heteroatoms. The largest absolute Gasteiger partial charge is 0.345 e. The minimum Gasteiger partial charge on any atom is -0.345 e. The predicted molar refractivity (Wildman–Crippen MR) is 82.1 cm³/mol. The Labute approximate surface area is 117 Å². The molecule has 0 amide bonds. The molecule has 0 aliphatic carbocycles. The lowest BCUT2D eigenvalue weighted by molar-refractivity contribution is 1.21. The maximum atomic E-state index is 4.36. The van der Waals surface area contributed by atoms with Crippen LogP contribution in [0.3, 0.4) is 0 Å². The monoisotopic (exact) mass is 266 g/mol. The van der Waals surface area contributed by atoms with Crippen molar-refractivity contribution in [3.05, 3.63) is 65.5 Å². The highest BCUT2D eigenvalue weighted by Crippen LogP contribution is 2.28. The Morgan fingerprint density at radius 1 is 0.947 bits per heavy atom. The molecule has 2 aromatic carbocycles. The Kier molecular flexibility index (Phi) is 3.29. The van der Waals surface area contributed by atoms with Gasteiger partial charge in [-0.2, -0.15) is 0 Å². The van der Waals surface area contributed by atoms with Crippen LogP contribution in [0, 0.1) is 0 Å². The van der Waals surface area contributed by atoms with Gasteiger partial charge in [-0.25, -0.2) is 4.98 Å². The SMILES string of the molecule is CN(c1ccccc1)c1cccc(-c2cscn2)c1. The summed E-state index contributed by atoms with van der Waals surface area (Å²) >= 11 is 1.62. The summed E-state index contributed by atoms with van der Waals surface area (Å²) in [5.41, 5.74) is 6.40. The van der Waals surface area contributed by atoms with Crippen molar-refractivity contribution in [2.45, 2.75) is 0 Å². The second-order valence-electron chi connectivity index (χ2n) is 4.32. The highest BCUT2D eigenvalue weighted by molar-refractivity contribution is 7.07. The first-order valence-electron chi connectivity index (χ1n) is 6.12. The molecule has 0 bridgehead atoms. The molecule has 0 unspecified atom stereocenters. The molecule has 19 heavy (non-hydrogen) atoms. The zero-order chi connectivity index (χ0) is 13.1. The Hall–Kier alpha value is -2.13. The molecule has 3 rings (SSSR count). The minimum absolute atomic E-state index is 1.04. The van der Waals surface area contributed by atoms with Crippen molar-refractivity contribution in [3.63, 3.8) is 0 Å². The number of benzene rings is 2. The minimum atomic E-state index is 1.04. The topological polar surface area (TPSA) is 16.1 Å². The van der Waals surface area contributed by atoms with Crippen LogP contribution in [-0.4, -0.2) is 12.0 Å². The summed E-state index contributed by atoms with van der Waals surface area (Å²) in [6.45, 7) is 0. The molecule has 0 saturated heterocycles. The van der Waals surface area contributed by atoms with E-state index in [1.165, 1.54) is 5.69 Å². The van der Waals surface area contributed by atoms with Gasteiger partial charge in [-0.15, -0.1) is 11.3 Å². The van der Waals surface area contributed by atoms with Gasteiger partial charge in [0.2, 0.25) is 0 Å². The lowest BCUT2D eigenvalue weighted by Crippen LogP contribution is -2.08. The van der Waals surface area contributed by atoms with E-state index in [4.69, 9.17) is 0 Å². The van der Waals surface area contributed by atoms with Gasteiger partial charge in [0.1, 0.15) is 0 Å². The van der Waals surface area contributed by atoms with Gasteiger partial charge in [0.05, 0.1) is 11.2 Å². The number of rotatable bonds is 3. The number of nitrogens with zero attached hydrogens (tertiary/aromatic N) is 2. The van der Waals surface area contributed by atoms with Gasteiger partial charge < -0.3 is 4.90 Å². The standard InChI is InChI=1S/C16H14N2S/c1-18(14-7-3-2-4-8-14)15-9-5-6-13(10-15)16-11-19-12-17-16/h2-12H,1H3. The van der Waals surface area contributed by atoms with Crippen LogP contribution in [0.15, 0.2) is 65.5 Å². The second-order valence-corrected chi connectivity index (χ2v) is 5.04. The Morgan fingerprint density at radius 2 is 1.74 bits per heavy atom. The van der Waals surface area contributed by atoms with Crippen molar-refractivity contribution in [1.29, 1.82) is 0 Å². The number of hydrogen-bond donors (Lipinski definition) is 0. The summed E-state index contributed by atoms with van der Waals surface area (Å²) in [6, 6.07) is 18.8. The summed E-state index contributed by atoms with van der Waals surface area (Å²) in [5, 5.41) is 2.07. The van der Waals surface area contributed by atoms with Crippen molar-refractivity contribution < 1.29 is 0 Å². The fraction of sp³-hybridized carbons (Fsp3) is 0.0625. The highest BCUT2D eigenvalue weighted by atomic mass is 32.1. The van der Waals surface area contributed by atoms with Gasteiger partial charge in [-0.1, -0.05) is 30.3 Å². The number of para-hydroxylation sites is 1. The maximum Gasteiger partial charge on any atom is 0.0811 e. The molecule has 0 saturated carbocycles. The highest BCUT2D eigenvalue weighted by Gasteiger charge is 2.06. The van der Waals surface area contributed by atoms with Crippen molar-refractivity contribution >= 4 is 22.7 Å². The molecular formula is C16H14N2S. The molecule has 0 aliphatic rings. The van der Waals surface area contributed by atoms with Crippen LogP contribution in [0.25, 0.3) is 11.3 Å². The lowest BCUT2D eigenvalue weighted by atomic mass is 10.1. The van der Waals surface area contributed by atoms with Gasteiger partial charge in [0, 0.05) is 29.4 Å². The Balaban J connectivity index is 1.96. The quantitative estimate of drug-likeness (QED) is 0.690. The lowest BCUT2D eigenvalue weighted by Gasteiger charge is -2.19. The summed E-state index contributed by atoms with van der Waals surface area (Å²) in [7, 11) is 2.08. The second kappa shape index (κ2) is 5.24. The summed E-state index contributed by atoms with van der Waals surface area (Å²) in [5.74, 6) is 0. The molecule has 2 nitrogen and oxygen atoms in total. The number of thiazole rings is 1. The van der Waals surface area contributed by atoms with Crippen molar-refractivity contribution in [3.8, 4) is 11.3 Å². The van der Waals surface area contributed by atoms with Gasteiger partial charge in [-0.05, 0) is 24.3 Å². The average molecular weight is 266 g/mol. The molecule has 0 aliphatic heterocycles. The normalized spacial score (nSPS) is 10.4. The summed E-state index contributed by atoms with van der Waals surface area (Å²) in [4.78, 5) is 6.54. The van der Waals surface area contributed by atoms with Crippen molar-refractivity contribution in [1.82, 2.24) is 4.98 Å². The molecule has 3 aromatic rings. The number of hydrogen-bond acceptors (Lipinski definition) is 3. The van der Waals surface area contributed by atoms with Crippen molar-refractivity contribution in [2.75, 3.05) is 11.9 Å². The molecule has 0 spiro atoms.